The molecule has 112 valence electrons. The van der Waals surface area contributed by atoms with E-state index in [0.717, 1.165) is 0 Å². The fourth-order valence-electron chi connectivity index (χ4n) is 2.24. The van der Waals surface area contributed by atoms with Crippen molar-refractivity contribution in [3.05, 3.63) is 28.0 Å². The Balaban J connectivity index is 1.70. The number of nitro groups is 1. The van der Waals surface area contributed by atoms with Crippen LogP contribution in [0.4, 0.5) is 5.82 Å². The Labute approximate surface area is 118 Å². The summed E-state index contributed by atoms with van der Waals surface area (Å²) in [5.41, 5.74) is 0. The lowest BCUT2D eigenvalue weighted by Gasteiger charge is -2.27. The summed E-state index contributed by atoms with van der Waals surface area (Å²) >= 11 is 0. The highest BCUT2D eigenvalue weighted by Crippen LogP contribution is 2.25. The number of hydrogen-bond acceptors (Lipinski definition) is 8. The first-order chi connectivity index (χ1) is 10.1. The quantitative estimate of drug-likeness (QED) is 0.510. The summed E-state index contributed by atoms with van der Waals surface area (Å²) in [7, 11) is 1.59. The normalized spacial score (nSPS) is 22.3. The van der Waals surface area contributed by atoms with Gasteiger partial charge in [0.05, 0.1) is 13.7 Å². The van der Waals surface area contributed by atoms with E-state index in [-0.39, 0.29) is 30.6 Å². The van der Waals surface area contributed by atoms with Crippen LogP contribution >= 0.6 is 0 Å². The van der Waals surface area contributed by atoms with E-state index in [0.29, 0.717) is 18.2 Å². The van der Waals surface area contributed by atoms with Crippen LogP contribution in [0.15, 0.2) is 6.20 Å². The third kappa shape index (κ3) is 2.43. The zero-order valence-electron chi connectivity index (χ0n) is 11.1. The standard InChI is InChI=1S/C10H13N7O4/c1-16-7(17(19)20)3-12-9(16)5-4-21-6(2-11-5)8-13-10(18)15-14-8/h3,5-6,11H,2,4H2,1H3,(H2,13,14,15,18). The molecule has 2 unspecified atom stereocenters. The van der Waals surface area contributed by atoms with Crippen molar-refractivity contribution in [1.29, 1.82) is 0 Å². The molecular formula is C10H13N7O4. The van der Waals surface area contributed by atoms with Crippen molar-refractivity contribution in [3.8, 4) is 6.01 Å². The van der Waals surface area contributed by atoms with Crippen molar-refractivity contribution in [1.82, 2.24) is 30.0 Å². The van der Waals surface area contributed by atoms with E-state index >= 15 is 0 Å². The van der Waals surface area contributed by atoms with Crippen molar-refractivity contribution >= 4 is 5.82 Å². The van der Waals surface area contributed by atoms with E-state index in [2.05, 4.69) is 25.5 Å². The zero-order valence-corrected chi connectivity index (χ0v) is 11.1. The molecule has 11 heteroatoms. The van der Waals surface area contributed by atoms with Crippen LogP contribution in [0.25, 0.3) is 0 Å². The monoisotopic (exact) mass is 295 g/mol. The molecule has 21 heavy (non-hydrogen) atoms. The summed E-state index contributed by atoms with van der Waals surface area (Å²) in [4.78, 5) is 18.2. The molecule has 1 aliphatic rings. The molecule has 3 N–H and O–H groups in total. The van der Waals surface area contributed by atoms with Crippen LogP contribution in [0.1, 0.15) is 23.8 Å². The Hall–Kier alpha value is -2.53. The molecule has 2 aromatic rings. The van der Waals surface area contributed by atoms with E-state index in [4.69, 9.17) is 9.84 Å². The number of rotatable bonds is 3. The van der Waals surface area contributed by atoms with Crippen LogP contribution in [-0.4, -0.2) is 47.9 Å². The largest absolute Gasteiger partial charge is 0.478 e. The highest BCUT2D eigenvalue weighted by molar-refractivity contribution is 5.20. The van der Waals surface area contributed by atoms with Crippen molar-refractivity contribution < 1.29 is 14.8 Å². The molecule has 1 saturated heterocycles. The van der Waals surface area contributed by atoms with E-state index in [1.165, 1.54) is 10.8 Å². The summed E-state index contributed by atoms with van der Waals surface area (Å²) in [6.45, 7) is 0.689. The van der Waals surface area contributed by atoms with Gasteiger partial charge in [-0.3, -0.25) is 5.10 Å². The van der Waals surface area contributed by atoms with Gasteiger partial charge in [-0.05, 0) is 4.92 Å². The Bertz CT molecular complexity index is 658. The molecule has 0 spiro atoms. The molecule has 0 bridgehead atoms. The lowest BCUT2D eigenvalue weighted by Crippen LogP contribution is -2.38. The number of nitrogens with zero attached hydrogens (tertiary/aromatic N) is 5. The number of nitrogens with one attached hydrogen (secondary N) is 2. The summed E-state index contributed by atoms with van der Waals surface area (Å²) in [6.07, 6.45) is 0.849. The third-order valence-electron chi connectivity index (χ3n) is 3.31. The first kappa shape index (κ1) is 13.5. The Morgan fingerprint density at radius 1 is 1.62 bits per heavy atom. The maximum Gasteiger partial charge on any atom is 0.342 e. The van der Waals surface area contributed by atoms with Crippen LogP contribution in [0.5, 0.6) is 6.01 Å². The van der Waals surface area contributed by atoms with Crippen molar-refractivity contribution in [2.45, 2.75) is 12.1 Å². The Morgan fingerprint density at radius 2 is 2.43 bits per heavy atom. The smallest absolute Gasteiger partial charge is 0.342 e. The summed E-state index contributed by atoms with van der Waals surface area (Å²) < 4.78 is 7.06. The second kappa shape index (κ2) is 5.10. The fourth-order valence-corrected chi connectivity index (χ4v) is 2.24. The van der Waals surface area contributed by atoms with Gasteiger partial charge in [-0.15, -0.1) is 5.10 Å². The topological polar surface area (TPSA) is 144 Å². The number of H-pyrrole nitrogens is 1. The summed E-state index contributed by atoms with van der Waals surface area (Å²) in [5.74, 6) is 0.874. The average Bonchev–Trinajstić information content (AvgIpc) is 3.05. The number of aromatic amines is 1. The van der Waals surface area contributed by atoms with E-state index < -0.39 is 4.92 Å². The minimum Gasteiger partial charge on any atom is -0.478 e. The SMILES string of the molecule is Cn1c([N+](=O)[O-])cnc1C1COC(c2nc(O)n[nH]2)CN1. The molecule has 0 amide bonds. The minimum atomic E-state index is -0.486. The molecule has 0 aromatic carbocycles. The highest BCUT2D eigenvalue weighted by atomic mass is 16.6. The first-order valence-corrected chi connectivity index (χ1v) is 6.18. The lowest BCUT2D eigenvalue weighted by atomic mass is 10.2. The van der Waals surface area contributed by atoms with Crippen LogP contribution in [0, 0.1) is 10.1 Å². The van der Waals surface area contributed by atoms with Gasteiger partial charge < -0.3 is 25.3 Å². The second-order valence-corrected chi connectivity index (χ2v) is 4.59. The van der Waals surface area contributed by atoms with Gasteiger partial charge in [0.1, 0.15) is 18.3 Å². The molecule has 0 aliphatic carbocycles. The fraction of sp³-hybridized carbons (Fsp3) is 0.500. The zero-order chi connectivity index (χ0) is 15.0. The minimum absolute atomic E-state index is 0.0749. The van der Waals surface area contributed by atoms with Crippen molar-refractivity contribution in [2.75, 3.05) is 13.2 Å². The molecule has 1 fully saturated rings. The van der Waals surface area contributed by atoms with Gasteiger partial charge in [-0.25, -0.2) is 9.55 Å². The van der Waals surface area contributed by atoms with Crippen LogP contribution in [-0.2, 0) is 11.8 Å². The predicted octanol–water partition coefficient (Wildman–Crippen LogP) is -0.446. The van der Waals surface area contributed by atoms with Gasteiger partial charge in [-0.1, -0.05) is 0 Å². The van der Waals surface area contributed by atoms with E-state index in [9.17, 15) is 10.1 Å². The van der Waals surface area contributed by atoms with Gasteiger partial charge in [-0.2, -0.15) is 4.98 Å². The van der Waals surface area contributed by atoms with Crippen LogP contribution < -0.4 is 5.32 Å². The van der Waals surface area contributed by atoms with Crippen LogP contribution in [0.3, 0.4) is 0 Å². The van der Waals surface area contributed by atoms with Crippen LogP contribution in [0.2, 0.25) is 0 Å². The molecular weight excluding hydrogens is 282 g/mol. The molecule has 1 aliphatic heterocycles. The first-order valence-electron chi connectivity index (χ1n) is 6.18. The second-order valence-electron chi connectivity index (χ2n) is 4.59. The number of hydrogen-bond donors (Lipinski definition) is 3. The van der Waals surface area contributed by atoms with Gasteiger partial charge in [0.15, 0.2) is 5.82 Å². The van der Waals surface area contributed by atoms with E-state index in [1.54, 1.807) is 7.05 Å². The lowest BCUT2D eigenvalue weighted by molar-refractivity contribution is -0.391. The van der Waals surface area contributed by atoms with Gasteiger partial charge in [0, 0.05) is 6.54 Å². The number of imidazole rings is 1. The summed E-state index contributed by atoms with van der Waals surface area (Å²) in [5, 5.41) is 29.2. The molecule has 2 aromatic heterocycles. The number of aromatic hydroxyl groups is 1. The van der Waals surface area contributed by atoms with Gasteiger partial charge >= 0.3 is 11.8 Å². The molecule has 11 nitrogen and oxygen atoms in total. The number of aromatic nitrogens is 5. The molecule has 3 rings (SSSR count). The van der Waals surface area contributed by atoms with Crippen molar-refractivity contribution in [2.24, 2.45) is 7.05 Å². The Morgan fingerprint density at radius 3 is 2.95 bits per heavy atom. The maximum absolute atomic E-state index is 10.8. The van der Waals surface area contributed by atoms with Crippen molar-refractivity contribution in [3.63, 3.8) is 0 Å². The third-order valence-corrected chi connectivity index (χ3v) is 3.31. The molecule has 0 radical (unpaired) electrons. The molecule has 3 heterocycles. The molecule has 2 atom stereocenters. The maximum atomic E-state index is 10.8. The average molecular weight is 295 g/mol. The van der Waals surface area contributed by atoms with Gasteiger partial charge in [0.25, 0.3) is 0 Å². The van der Waals surface area contributed by atoms with E-state index in [1.807, 2.05) is 0 Å². The molecule has 0 saturated carbocycles. The highest BCUT2D eigenvalue weighted by Gasteiger charge is 2.31. The number of ether oxygens (including phenoxy) is 1. The van der Waals surface area contributed by atoms with Gasteiger partial charge in [0.2, 0.25) is 5.82 Å². The Kier molecular flexibility index (Phi) is 3.27. The summed E-state index contributed by atoms with van der Waals surface area (Å²) in [6, 6.07) is -0.591. The number of morpholine rings is 1. The predicted molar refractivity (Wildman–Crippen MR) is 67.3 cm³/mol.